The highest BCUT2D eigenvalue weighted by Crippen LogP contribution is 2.14. The van der Waals surface area contributed by atoms with Crippen molar-refractivity contribution in [3.63, 3.8) is 0 Å². The number of nitrogens with one attached hydrogen (secondary N) is 2. The molecule has 0 spiro atoms. The van der Waals surface area contributed by atoms with E-state index < -0.39 is 0 Å². The van der Waals surface area contributed by atoms with Gasteiger partial charge in [-0.2, -0.15) is 5.10 Å². The minimum absolute atomic E-state index is 0.542. The Hall–Kier alpha value is -1.26. The standard InChI is InChI=1S/C8H9ClN4/c9-5-7-1-3-8(4-2-7)13-6-10-11-12-13/h1-4,6,11-12H,5H2. The van der Waals surface area contributed by atoms with Gasteiger partial charge < -0.3 is 0 Å². The molecule has 1 aromatic carbocycles. The molecule has 5 heteroatoms. The monoisotopic (exact) mass is 196 g/mol. The Morgan fingerprint density at radius 3 is 2.62 bits per heavy atom. The van der Waals surface area contributed by atoms with Crippen molar-refractivity contribution < 1.29 is 0 Å². The number of hydrogen-bond acceptors (Lipinski definition) is 4. The van der Waals surface area contributed by atoms with Gasteiger partial charge in [0.25, 0.3) is 0 Å². The molecule has 0 atom stereocenters. The molecule has 0 unspecified atom stereocenters. The van der Waals surface area contributed by atoms with Crippen molar-refractivity contribution in [1.29, 1.82) is 0 Å². The van der Waals surface area contributed by atoms with Crippen LogP contribution in [-0.2, 0) is 5.88 Å². The molecule has 0 bridgehead atoms. The maximum Gasteiger partial charge on any atom is 0.133 e. The number of alkyl halides is 1. The van der Waals surface area contributed by atoms with Gasteiger partial charge in [-0.1, -0.05) is 12.1 Å². The molecular weight excluding hydrogens is 188 g/mol. The summed E-state index contributed by atoms with van der Waals surface area (Å²) in [5.41, 5.74) is 7.58. The molecule has 2 rings (SSSR count). The molecule has 0 amide bonds. The van der Waals surface area contributed by atoms with Gasteiger partial charge in [-0.05, 0) is 17.7 Å². The summed E-state index contributed by atoms with van der Waals surface area (Å²) in [4.78, 5) is 0. The lowest BCUT2D eigenvalue weighted by Crippen LogP contribution is -2.37. The van der Waals surface area contributed by atoms with E-state index in [9.17, 15) is 0 Å². The van der Waals surface area contributed by atoms with Crippen LogP contribution in [0.5, 0.6) is 0 Å². The maximum absolute atomic E-state index is 5.67. The Balaban J connectivity index is 2.17. The maximum atomic E-state index is 5.67. The van der Waals surface area contributed by atoms with Crippen molar-refractivity contribution >= 4 is 23.6 Å². The van der Waals surface area contributed by atoms with Crippen LogP contribution in [0.4, 0.5) is 5.69 Å². The van der Waals surface area contributed by atoms with Gasteiger partial charge in [0, 0.05) is 5.88 Å². The normalized spacial score (nSPS) is 14.7. The van der Waals surface area contributed by atoms with Crippen molar-refractivity contribution in [3.05, 3.63) is 29.8 Å². The molecule has 0 aromatic heterocycles. The van der Waals surface area contributed by atoms with E-state index in [0.717, 1.165) is 11.3 Å². The Bertz CT molecular complexity index is 308. The summed E-state index contributed by atoms with van der Waals surface area (Å²) in [6, 6.07) is 7.92. The fourth-order valence-electron chi connectivity index (χ4n) is 1.08. The molecule has 4 nitrogen and oxygen atoms in total. The predicted octanol–water partition coefficient (Wildman–Crippen LogP) is 1.20. The van der Waals surface area contributed by atoms with Crippen LogP contribution in [0.3, 0.4) is 0 Å². The number of halogens is 1. The zero-order valence-electron chi connectivity index (χ0n) is 6.87. The summed E-state index contributed by atoms with van der Waals surface area (Å²) in [5.74, 6) is 0.542. The van der Waals surface area contributed by atoms with Crippen LogP contribution in [0, 0.1) is 0 Å². The van der Waals surface area contributed by atoms with E-state index in [1.165, 1.54) is 0 Å². The summed E-state index contributed by atoms with van der Waals surface area (Å²) in [6.45, 7) is 0. The Morgan fingerprint density at radius 2 is 2.08 bits per heavy atom. The quantitative estimate of drug-likeness (QED) is 0.699. The largest absolute Gasteiger partial charge is 0.245 e. The molecule has 1 aromatic rings. The number of nitrogens with zero attached hydrogens (tertiary/aromatic N) is 2. The van der Waals surface area contributed by atoms with Gasteiger partial charge in [0.2, 0.25) is 0 Å². The predicted molar refractivity (Wildman–Crippen MR) is 53.2 cm³/mol. The smallest absolute Gasteiger partial charge is 0.133 e. The number of hydrogen-bond donors (Lipinski definition) is 2. The second-order valence-corrected chi connectivity index (χ2v) is 2.91. The zero-order valence-corrected chi connectivity index (χ0v) is 7.62. The van der Waals surface area contributed by atoms with Gasteiger partial charge in [-0.3, -0.25) is 0 Å². The van der Waals surface area contributed by atoms with Gasteiger partial charge in [0.1, 0.15) is 6.34 Å². The van der Waals surface area contributed by atoms with Gasteiger partial charge >= 0.3 is 0 Å². The van der Waals surface area contributed by atoms with E-state index in [-0.39, 0.29) is 0 Å². The molecular formula is C8H9ClN4. The van der Waals surface area contributed by atoms with E-state index in [1.54, 1.807) is 11.3 Å². The van der Waals surface area contributed by atoms with Crippen molar-refractivity contribution in [2.45, 2.75) is 5.88 Å². The summed E-state index contributed by atoms with van der Waals surface area (Å²) < 4.78 is 0. The van der Waals surface area contributed by atoms with Gasteiger partial charge in [0.15, 0.2) is 0 Å². The fraction of sp³-hybridized carbons (Fsp3) is 0.125. The number of hydrazine groups is 2. The average Bonchev–Trinajstić information content (AvgIpc) is 2.71. The molecule has 0 radical (unpaired) electrons. The fourth-order valence-corrected chi connectivity index (χ4v) is 1.25. The topological polar surface area (TPSA) is 39.7 Å². The number of benzene rings is 1. The van der Waals surface area contributed by atoms with Gasteiger partial charge in [-0.15, -0.1) is 17.1 Å². The summed E-state index contributed by atoms with van der Waals surface area (Å²) in [5, 5.41) is 5.57. The summed E-state index contributed by atoms with van der Waals surface area (Å²) in [6.07, 6.45) is 1.66. The van der Waals surface area contributed by atoms with Crippen molar-refractivity contribution in [3.8, 4) is 0 Å². The SMILES string of the molecule is ClCc1ccc(N2C=NNN2)cc1. The van der Waals surface area contributed by atoms with Crippen LogP contribution in [-0.4, -0.2) is 6.34 Å². The molecule has 2 N–H and O–H groups in total. The first kappa shape index (κ1) is 8.34. The summed E-state index contributed by atoms with van der Waals surface area (Å²) in [7, 11) is 0. The average molecular weight is 197 g/mol. The van der Waals surface area contributed by atoms with E-state index in [2.05, 4.69) is 16.2 Å². The van der Waals surface area contributed by atoms with Crippen molar-refractivity contribution in [1.82, 2.24) is 11.1 Å². The number of anilines is 1. The molecule has 0 aliphatic carbocycles. The lowest BCUT2D eigenvalue weighted by Gasteiger charge is -2.13. The molecule has 68 valence electrons. The lowest BCUT2D eigenvalue weighted by molar-refractivity contribution is 0.623. The molecule has 1 aliphatic rings. The second kappa shape index (κ2) is 3.64. The van der Waals surface area contributed by atoms with Gasteiger partial charge in [0.05, 0.1) is 5.69 Å². The summed E-state index contributed by atoms with van der Waals surface area (Å²) >= 11 is 5.67. The highest BCUT2D eigenvalue weighted by atomic mass is 35.5. The Kier molecular flexibility index (Phi) is 2.33. The Labute approximate surface area is 81.1 Å². The lowest BCUT2D eigenvalue weighted by atomic mass is 10.2. The van der Waals surface area contributed by atoms with Crippen LogP contribution >= 0.6 is 11.6 Å². The van der Waals surface area contributed by atoms with Crippen LogP contribution in [0.15, 0.2) is 29.4 Å². The molecule has 0 saturated carbocycles. The van der Waals surface area contributed by atoms with Crippen molar-refractivity contribution in [2.75, 3.05) is 5.01 Å². The van der Waals surface area contributed by atoms with E-state index in [4.69, 9.17) is 11.6 Å². The molecule has 0 saturated heterocycles. The van der Waals surface area contributed by atoms with Crippen LogP contribution in [0.25, 0.3) is 0 Å². The Morgan fingerprint density at radius 1 is 1.31 bits per heavy atom. The second-order valence-electron chi connectivity index (χ2n) is 2.64. The number of rotatable bonds is 2. The third-order valence-electron chi connectivity index (χ3n) is 1.78. The molecule has 1 aliphatic heterocycles. The van der Waals surface area contributed by atoms with Crippen LogP contribution in [0.1, 0.15) is 5.56 Å². The first-order valence-electron chi connectivity index (χ1n) is 3.88. The molecule has 1 heterocycles. The van der Waals surface area contributed by atoms with E-state index in [1.807, 2.05) is 24.3 Å². The van der Waals surface area contributed by atoms with Crippen LogP contribution < -0.4 is 16.1 Å². The van der Waals surface area contributed by atoms with Crippen molar-refractivity contribution in [2.24, 2.45) is 5.10 Å². The van der Waals surface area contributed by atoms with Crippen LogP contribution in [0.2, 0.25) is 0 Å². The van der Waals surface area contributed by atoms with E-state index >= 15 is 0 Å². The third-order valence-corrected chi connectivity index (χ3v) is 2.09. The highest BCUT2D eigenvalue weighted by molar-refractivity contribution is 6.17. The minimum atomic E-state index is 0.542. The minimum Gasteiger partial charge on any atom is -0.245 e. The van der Waals surface area contributed by atoms with E-state index in [0.29, 0.717) is 5.88 Å². The first-order valence-corrected chi connectivity index (χ1v) is 4.41. The number of hydrazone groups is 1. The molecule has 13 heavy (non-hydrogen) atoms. The first-order chi connectivity index (χ1) is 6.40. The zero-order chi connectivity index (χ0) is 9.10. The molecule has 0 fully saturated rings. The third kappa shape index (κ3) is 1.74. The van der Waals surface area contributed by atoms with Gasteiger partial charge in [-0.25, -0.2) is 10.5 Å². The highest BCUT2D eigenvalue weighted by Gasteiger charge is 2.05.